The van der Waals surface area contributed by atoms with E-state index in [1.807, 2.05) is 6.92 Å². The molecule has 0 aromatic heterocycles. The minimum Gasteiger partial charge on any atom is -0.150 e. The van der Waals surface area contributed by atoms with Crippen LogP contribution in [-0.2, 0) is 0 Å². The van der Waals surface area contributed by atoms with Gasteiger partial charge >= 0.3 is 0 Å². The smallest absolute Gasteiger partial charge is 0.150 e. The monoisotopic (exact) mass is 268 g/mol. The lowest BCUT2D eigenvalue weighted by Gasteiger charge is -2.17. The van der Waals surface area contributed by atoms with E-state index in [1.54, 1.807) is 15.8 Å². The molecule has 0 amide bonds. The van der Waals surface area contributed by atoms with Crippen molar-refractivity contribution in [3.05, 3.63) is 11.0 Å². The summed E-state index contributed by atoms with van der Waals surface area (Å²) >= 11 is 0.747. The fourth-order valence-corrected chi connectivity index (χ4v) is 6.87. The highest BCUT2D eigenvalue weighted by atomic mass is 27.2. The molecule has 0 bridgehead atoms. The Labute approximate surface area is 123 Å². The molecule has 17 heavy (non-hydrogen) atoms. The number of hydrogen-bond donors (Lipinski definition) is 0. The van der Waals surface area contributed by atoms with Gasteiger partial charge in [0, 0.05) is 0 Å². The van der Waals surface area contributed by atoms with Crippen LogP contribution in [0.4, 0.5) is 0 Å². The lowest BCUT2D eigenvalue weighted by atomic mass is 10.2. The van der Waals surface area contributed by atoms with E-state index in [0.29, 0.717) is 0 Å². The first-order chi connectivity index (χ1) is 7.65. The van der Waals surface area contributed by atoms with Crippen molar-refractivity contribution < 1.29 is 0 Å². The van der Waals surface area contributed by atoms with Gasteiger partial charge in [-0.15, -0.1) is 6.58 Å². The van der Waals surface area contributed by atoms with Crippen LogP contribution in [0.3, 0.4) is 0 Å². The van der Waals surface area contributed by atoms with Gasteiger partial charge in [-0.1, -0.05) is 82.1 Å². The Morgan fingerprint density at radius 2 is 1.06 bits per heavy atom. The van der Waals surface area contributed by atoms with Crippen molar-refractivity contribution in [3.8, 4) is 0 Å². The highest BCUT2D eigenvalue weighted by Gasteiger charge is 2.20. The molecule has 0 N–H and O–H groups in total. The highest BCUT2D eigenvalue weighted by Crippen LogP contribution is 2.20. The molecular formula is C15H34Al2. The summed E-state index contributed by atoms with van der Waals surface area (Å²) in [5.41, 5.74) is 0. The van der Waals surface area contributed by atoms with Crippen LogP contribution < -0.4 is 0 Å². The normalized spacial score (nSPS) is 10.5. The van der Waals surface area contributed by atoms with Gasteiger partial charge in [-0.3, -0.25) is 0 Å². The molecule has 0 atom stereocenters. The average Bonchev–Trinajstić information content (AvgIpc) is 1.96. The third-order valence-corrected chi connectivity index (χ3v) is 7.24. The predicted molar refractivity (Wildman–Crippen MR) is 88.0 cm³/mol. The quantitative estimate of drug-likeness (QED) is 0.617. The fraction of sp³-hybridized carbons (Fsp3) is 0.867. The van der Waals surface area contributed by atoms with Crippen LogP contribution >= 0.6 is 0 Å². The summed E-state index contributed by atoms with van der Waals surface area (Å²) in [4.78, 5) is 0. The van der Waals surface area contributed by atoms with Gasteiger partial charge in [-0.25, -0.2) is 0 Å². The van der Waals surface area contributed by atoms with E-state index in [2.05, 4.69) is 48.1 Å². The SMILES string of the molecule is C=[C](C)[AlH2].CC(C)[CH2][Al]([CH2]C(C)C)[CH2]C(C)C. The van der Waals surface area contributed by atoms with Crippen LogP contribution in [0.15, 0.2) is 11.0 Å². The molecule has 2 heteroatoms. The molecule has 0 saturated heterocycles. The fourth-order valence-electron chi connectivity index (χ4n) is 2.29. The van der Waals surface area contributed by atoms with Crippen LogP contribution in [0.2, 0.25) is 15.8 Å². The molecule has 0 aromatic rings. The van der Waals surface area contributed by atoms with Crippen molar-refractivity contribution in [2.75, 3.05) is 0 Å². The molecule has 0 spiro atoms. The molecular weight excluding hydrogens is 234 g/mol. The van der Waals surface area contributed by atoms with Crippen molar-refractivity contribution in [1.82, 2.24) is 0 Å². The molecule has 0 nitrogen and oxygen atoms in total. The summed E-state index contributed by atoms with van der Waals surface area (Å²) in [5, 5.41) is 4.66. The predicted octanol–water partition coefficient (Wildman–Crippen LogP) is 4.60. The third kappa shape index (κ3) is 22.5. The van der Waals surface area contributed by atoms with Gasteiger partial charge in [0.05, 0.1) is 0 Å². The van der Waals surface area contributed by atoms with E-state index >= 15 is 0 Å². The summed E-state index contributed by atoms with van der Waals surface area (Å²) in [6.45, 7) is 19.9. The van der Waals surface area contributed by atoms with Gasteiger partial charge in [0.1, 0.15) is 0 Å². The topological polar surface area (TPSA) is 0 Å². The largest absolute Gasteiger partial charge is 0.262 e. The Bertz CT molecular complexity index is 156. The number of rotatable bonds is 6. The van der Waals surface area contributed by atoms with Gasteiger partial charge in [0.15, 0.2) is 0 Å². The van der Waals surface area contributed by atoms with Gasteiger partial charge in [-0.2, -0.15) is 4.44 Å². The molecule has 0 heterocycles. The van der Waals surface area contributed by atoms with Crippen LogP contribution in [-0.4, -0.2) is 30.4 Å². The van der Waals surface area contributed by atoms with Gasteiger partial charge in [0.25, 0.3) is 30.4 Å². The van der Waals surface area contributed by atoms with Crippen LogP contribution in [0.25, 0.3) is 0 Å². The maximum atomic E-state index is 3.62. The summed E-state index contributed by atoms with van der Waals surface area (Å²) in [5.74, 6) is 2.78. The maximum absolute atomic E-state index is 3.62. The Morgan fingerprint density at radius 3 is 1.18 bits per heavy atom. The molecule has 0 radical (unpaired) electrons. The van der Waals surface area contributed by atoms with E-state index in [1.165, 1.54) is 4.44 Å². The zero-order valence-electron chi connectivity index (χ0n) is 13.6. The minimum absolute atomic E-state index is 0.407. The standard InChI is InChI=1S/3C4H9.C3H5.2Al.2H/c3*1-4(2)3;1-3-2;;;;/h3*4H,1H2,2-3H3;1H2,2H3;;;;. The van der Waals surface area contributed by atoms with Crippen molar-refractivity contribution in [1.29, 1.82) is 0 Å². The molecule has 0 aromatic carbocycles. The molecule has 0 saturated carbocycles. The van der Waals surface area contributed by atoms with Gasteiger partial charge in [-0.05, 0) is 0 Å². The van der Waals surface area contributed by atoms with E-state index in [0.717, 1.165) is 34.0 Å². The zero-order chi connectivity index (χ0) is 14.0. The minimum atomic E-state index is -0.407. The first-order valence-electron chi connectivity index (χ1n) is 7.27. The lowest BCUT2D eigenvalue weighted by Crippen LogP contribution is -2.19. The molecule has 0 aliphatic rings. The molecule has 0 rings (SSSR count). The molecule has 0 unspecified atom stereocenters. The van der Waals surface area contributed by atoms with E-state index in [4.69, 9.17) is 0 Å². The van der Waals surface area contributed by atoms with Crippen molar-refractivity contribution in [2.45, 2.75) is 64.3 Å². The molecule has 0 aliphatic heterocycles. The average molecular weight is 268 g/mol. The maximum Gasteiger partial charge on any atom is 0.262 e. The second kappa shape index (κ2) is 11.9. The van der Waals surface area contributed by atoms with Crippen LogP contribution in [0.5, 0.6) is 0 Å². The lowest BCUT2D eigenvalue weighted by molar-refractivity contribution is 0.659. The van der Waals surface area contributed by atoms with E-state index < -0.39 is 14.1 Å². The second-order valence-corrected chi connectivity index (χ2v) is 11.8. The Morgan fingerprint density at radius 1 is 0.882 bits per heavy atom. The summed E-state index contributed by atoms with van der Waals surface area (Å²) < 4.78 is 1.31. The van der Waals surface area contributed by atoms with Gasteiger partial charge in [0.2, 0.25) is 0 Å². The Hall–Kier alpha value is 0.805. The van der Waals surface area contributed by atoms with Crippen LogP contribution in [0, 0.1) is 17.8 Å². The Kier molecular flexibility index (Phi) is 14.1. The van der Waals surface area contributed by atoms with Gasteiger partial charge < -0.3 is 0 Å². The molecule has 0 fully saturated rings. The first kappa shape index (κ1) is 20.1. The summed E-state index contributed by atoms with van der Waals surface area (Å²) in [6.07, 6.45) is 0. The zero-order valence-corrected chi connectivity index (χ0v) is 16.8. The first-order valence-corrected chi connectivity index (χ1v) is 10.7. The molecule has 0 aliphatic carbocycles. The van der Waals surface area contributed by atoms with Crippen molar-refractivity contribution in [3.63, 3.8) is 0 Å². The summed E-state index contributed by atoms with van der Waals surface area (Å²) in [6, 6.07) is 0. The number of hydrogen-bond acceptors (Lipinski definition) is 0. The molecule has 100 valence electrons. The highest BCUT2D eigenvalue weighted by molar-refractivity contribution is 6.58. The van der Waals surface area contributed by atoms with E-state index in [9.17, 15) is 0 Å². The summed E-state index contributed by atoms with van der Waals surface area (Å²) in [7, 11) is 0. The second-order valence-electron chi connectivity index (χ2n) is 6.96. The van der Waals surface area contributed by atoms with Crippen LogP contribution in [0.1, 0.15) is 48.5 Å². The Balaban J connectivity index is 0. The van der Waals surface area contributed by atoms with Crippen molar-refractivity contribution in [2.24, 2.45) is 17.8 Å². The number of allylic oxidation sites excluding steroid dienone is 1. The van der Waals surface area contributed by atoms with E-state index in [-0.39, 0.29) is 0 Å². The third-order valence-electron chi connectivity index (χ3n) is 2.41. The van der Waals surface area contributed by atoms with Crippen molar-refractivity contribution >= 4 is 30.4 Å².